The minimum Gasteiger partial charge on any atom is -0.461 e. The lowest BCUT2D eigenvalue weighted by molar-refractivity contribution is 0.177. The molecule has 0 atom stereocenters. The molecule has 48 heavy (non-hydrogen) atoms. The molecule has 0 aliphatic rings. The summed E-state index contributed by atoms with van der Waals surface area (Å²) in [5.74, 6) is 0. The molecule has 18 heteroatoms. The van der Waals surface area contributed by atoms with Crippen LogP contribution in [0.5, 0.6) is 18.0 Å². The second kappa shape index (κ2) is 16.3. The van der Waals surface area contributed by atoms with Crippen molar-refractivity contribution < 1.29 is 52.0 Å². The Morgan fingerprint density at radius 1 is 0.438 bits per heavy atom. The summed E-state index contributed by atoms with van der Waals surface area (Å²) in [7, 11) is -12.2. The molecule has 0 unspecified atom stereocenters. The van der Waals surface area contributed by atoms with E-state index in [4.69, 9.17) is 26.8 Å². The maximum absolute atomic E-state index is 12.5. The first kappa shape index (κ1) is 36.6. The van der Waals surface area contributed by atoms with E-state index in [-0.39, 0.29) is 52.5 Å². The molecule has 15 nitrogen and oxygen atoms in total. The topological polar surface area (TPSA) is 196 Å². The molecule has 1 heterocycles. The summed E-state index contributed by atoms with van der Waals surface area (Å²) < 4.78 is 106. The van der Waals surface area contributed by atoms with E-state index in [1.54, 1.807) is 57.2 Å². The Hall–Kier alpha value is -4.20. The number of hydrogen-bond donors (Lipinski definition) is 0. The summed E-state index contributed by atoms with van der Waals surface area (Å²) in [4.78, 5) is 11.9. The second-order valence-electron chi connectivity index (χ2n) is 10.0. The van der Waals surface area contributed by atoms with Crippen molar-refractivity contribution in [3.63, 3.8) is 0 Å². The molecule has 0 amide bonds. The monoisotopic (exact) mass is 723 g/mol. The van der Waals surface area contributed by atoms with Crippen LogP contribution in [0.25, 0.3) is 0 Å². The number of nitrogens with zero attached hydrogens (tertiary/aromatic N) is 3. The van der Waals surface area contributed by atoms with E-state index in [0.29, 0.717) is 0 Å². The van der Waals surface area contributed by atoms with Crippen molar-refractivity contribution >= 4 is 30.4 Å². The summed E-state index contributed by atoms with van der Waals surface area (Å²) in [6.07, 6.45) is 0. The van der Waals surface area contributed by atoms with E-state index in [2.05, 4.69) is 15.0 Å². The van der Waals surface area contributed by atoms with Crippen molar-refractivity contribution in [2.75, 3.05) is 39.6 Å². The Morgan fingerprint density at radius 3 is 0.958 bits per heavy atom. The highest BCUT2D eigenvalue weighted by Crippen LogP contribution is 2.18. The third-order valence-electron chi connectivity index (χ3n) is 6.07. The lowest BCUT2D eigenvalue weighted by atomic mass is 10.2. The Bertz CT molecular complexity index is 1800. The van der Waals surface area contributed by atoms with Crippen LogP contribution in [-0.2, 0) is 42.9 Å². The highest BCUT2D eigenvalue weighted by atomic mass is 32.2. The maximum atomic E-state index is 12.5. The fraction of sp³-hybridized carbons (Fsp3) is 0.300. The largest absolute Gasteiger partial charge is 0.461 e. The molecule has 0 aliphatic carbocycles. The fourth-order valence-corrected chi connectivity index (χ4v) is 6.86. The Morgan fingerprint density at radius 2 is 0.708 bits per heavy atom. The van der Waals surface area contributed by atoms with Gasteiger partial charge in [0.15, 0.2) is 0 Å². The van der Waals surface area contributed by atoms with Crippen LogP contribution in [0.15, 0.2) is 87.5 Å². The zero-order valence-corrected chi connectivity index (χ0v) is 28.6. The zero-order valence-electron chi connectivity index (χ0n) is 26.1. The second-order valence-corrected chi connectivity index (χ2v) is 14.9. The van der Waals surface area contributed by atoms with Gasteiger partial charge in [-0.1, -0.05) is 36.4 Å². The van der Waals surface area contributed by atoms with Gasteiger partial charge in [-0.3, -0.25) is 12.5 Å². The van der Waals surface area contributed by atoms with E-state index in [1.165, 1.54) is 36.4 Å². The number of rotatable bonds is 18. The van der Waals surface area contributed by atoms with Crippen molar-refractivity contribution in [1.82, 2.24) is 15.0 Å². The minimum atomic E-state index is -4.06. The van der Waals surface area contributed by atoms with Crippen LogP contribution in [0.3, 0.4) is 0 Å². The first-order valence-corrected chi connectivity index (χ1v) is 18.5. The molecule has 4 rings (SSSR count). The molecule has 0 spiro atoms. The third kappa shape index (κ3) is 10.9. The molecule has 4 aromatic rings. The van der Waals surface area contributed by atoms with Gasteiger partial charge in [0.1, 0.15) is 39.6 Å². The Kier molecular flexibility index (Phi) is 12.4. The van der Waals surface area contributed by atoms with Gasteiger partial charge in [-0.2, -0.15) is 25.3 Å². The predicted molar refractivity (Wildman–Crippen MR) is 169 cm³/mol. The van der Waals surface area contributed by atoms with Crippen molar-refractivity contribution in [3.05, 3.63) is 89.5 Å². The van der Waals surface area contributed by atoms with Gasteiger partial charge < -0.3 is 14.2 Å². The average Bonchev–Trinajstić information content (AvgIpc) is 3.03. The highest BCUT2D eigenvalue weighted by molar-refractivity contribution is 7.87. The van der Waals surface area contributed by atoms with Gasteiger partial charge in [-0.05, 0) is 73.9 Å². The molecule has 0 saturated heterocycles. The Balaban J connectivity index is 1.37. The standard InChI is InChI=1S/C30H33N3O12S3/c1-22-7-4-10-25(19-22)46(34,35)43-16-13-40-28-31-29(41-14-17-44-47(36,37)26-11-5-8-23(2)20-26)33-30(32-28)42-15-18-45-48(38,39)27-12-6-9-24(3)21-27/h4-12,19-21H,13-18H2,1-3H3. The van der Waals surface area contributed by atoms with Gasteiger partial charge in [0.2, 0.25) is 0 Å². The normalized spacial score (nSPS) is 12.1. The van der Waals surface area contributed by atoms with Crippen LogP contribution in [0.1, 0.15) is 16.7 Å². The molecule has 3 aromatic carbocycles. The summed E-state index contributed by atoms with van der Waals surface area (Å²) in [6, 6.07) is 17.5. The molecule has 0 radical (unpaired) electrons. The number of aryl methyl sites for hydroxylation is 3. The van der Waals surface area contributed by atoms with Crippen molar-refractivity contribution in [2.45, 2.75) is 35.5 Å². The average molecular weight is 724 g/mol. The quantitative estimate of drug-likeness (QED) is 0.107. The van der Waals surface area contributed by atoms with E-state index in [1.807, 2.05) is 0 Å². The van der Waals surface area contributed by atoms with Crippen LogP contribution in [0.4, 0.5) is 0 Å². The van der Waals surface area contributed by atoms with Gasteiger partial charge in [0, 0.05) is 0 Å². The number of benzene rings is 3. The van der Waals surface area contributed by atoms with Crippen molar-refractivity contribution in [3.8, 4) is 18.0 Å². The lowest BCUT2D eigenvalue weighted by Crippen LogP contribution is -2.17. The van der Waals surface area contributed by atoms with E-state index in [0.717, 1.165) is 16.7 Å². The molecule has 1 aromatic heterocycles. The van der Waals surface area contributed by atoms with E-state index in [9.17, 15) is 25.3 Å². The Labute approximate surface area is 279 Å². The number of ether oxygens (including phenoxy) is 3. The van der Waals surface area contributed by atoms with Crippen LogP contribution < -0.4 is 14.2 Å². The van der Waals surface area contributed by atoms with Gasteiger partial charge in [0.05, 0.1) is 14.7 Å². The summed E-state index contributed by atoms with van der Waals surface area (Å²) in [5, 5.41) is 0. The third-order valence-corrected chi connectivity index (χ3v) is 9.99. The molecule has 258 valence electrons. The fourth-order valence-electron chi connectivity index (χ4n) is 3.86. The van der Waals surface area contributed by atoms with Gasteiger partial charge in [-0.25, -0.2) is 0 Å². The smallest absolute Gasteiger partial charge is 0.325 e. The molecule has 0 N–H and O–H groups in total. The first-order valence-electron chi connectivity index (χ1n) is 14.3. The summed E-state index contributed by atoms with van der Waals surface area (Å²) >= 11 is 0. The molecular weight excluding hydrogens is 691 g/mol. The number of hydrogen-bond acceptors (Lipinski definition) is 15. The van der Waals surface area contributed by atoms with Crippen molar-refractivity contribution in [1.29, 1.82) is 0 Å². The van der Waals surface area contributed by atoms with Crippen LogP contribution in [0, 0.1) is 20.8 Å². The van der Waals surface area contributed by atoms with Crippen molar-refractivity contribution in [2.24, 2.45) is 0 Å². The van der Waals surface area contributed by atoms with Gasteiger partial charge in [-0.15, -0.1) is 15.0 Å². The highest BCUT2D eigenvalue weighted by Gasteiger charge is 2.19. The van der Waals surface area contributed by atoms with Crippen LogP contribution in [0.2, 0.25) is 0 Å². The molecule has 0 saturated carbocycles. The van der Waals surface area contributed by atoms with Gasteiger partial charge >= 0.3 is 18.0 Å². The van der Waals surface area contributed by atoms with E-state index >= 15 is 0 Å². The minimum absolute atomic E-state index is 0.0210. The first-order chi connectivity index (χ1) is 22.7. The zero-order chi connectivity index (χ0) is 34.8. The maximum Gasteiger partial charge on any atom is 0.325 e. The lowest BCUT2D eigenvalue weighted by Gasteiger charge is -2.11. The number of aromatic nitrogens is 3. The molecule has 0 bridgehead atoms. The van der Waals surface area contributed by atoms with Gasteiger partial charge in [0.25, 0.3) is 30.4 Å². The summed E-state index contributed by atoms with van der Waals surface area (Å²) in [6.45, 7) is 3.08. The van der Waals surface area contributed by atoms with Crippen LogP contribution >= 0.6 is 0 Å². The SMILES string of the molecule is Cc1cccc(S(=O)(=O)OCCOc2nc(OCCOS(=O)(=O)c3cccc(C)c3)nc(OCCOS(=O)(=O)c3cccc(C)c3)n2)c1. The molecule has 0 fully saturated rings. The summed E-state index contributed by atoms with van der Waals surface area (Å²) in [5.41, 5.74) is 2.20. The van der Waals surface area contributed by atoms with E-state index < -0.39 is 50.2 Å². The van der Waals surface area contributed by atoms with Crippen LogP contribution in [-0.4, -0.2) is 79.8 Å². The molecular formula is C30H33N3O12S3. The predicted octanol–water partition coefficient (Wildman–Crippen LogP) is 3.15. The molecule has 0 aliphatic heterocycles.